The highest BCUT2D eigenvalue weighted by Crippen LogP contribution is 2.40. The molecule has 8 aromatic rings. The summed E-state index contributed by atoms with van der Waals surface area (Å²) in [5.41, 5.74) is -0.0376. The van der Waals surface area contributed by atoms with Gasteiger partial charge in [-0.3, -0.25) is 0 Å². The number of nitriles is 1. The average Bonchev–Trinajstić information content (AvgIpc) is 0.924. The van der Waals surface area contributed by atoms with Crippen LogP contribution in [0.25, 0.3) is 4.85 Å². The first-order valence-corrected chi connectivity index (χ1v) is 32.6. The van der Waals surface area contributed by atoms with E-state index in [2.05, 4.69) is 55.7 Å². The number of rotatable bonds is 16. The molecule has 4 aromatic heterocycles. The summed E-state index contributed by atoms with van der Waals surface area (Å²) in [6.07, 6.45) is 7.24. The Bertz CT molecular complexity index is 4220. The molecule has 506 valence electrons. The van der Waals surface area contributed by atoms with Gasteiger partial charge in [-0.2, -0.15) is 24.6 Å². The van der Waals surface area contributed by atoms with Crippen LogP contribution in [0.1, 0.15) is 94.2 Å². The van der Waals surface area contributed by atoms with Crippen LogP contribution in [0.5, 0.6) is 46.6 Å². The number of sulfone groups is 2. The van der Waals surface area contributed by atoms with Crippen LogP contribution >= 0.6 is 23.2 Å². The maximum Gasteiger partial charge on any atom is 0.270 e. The monoisotopic (exact) mass is 1390 g/mol. The Labute approximate surface area is 559 Å². The number of halogens is 6. The number of nitrogens with one attached hydrogen (secondary N) is 3. The largest absolute Gasteiger partial charge is 0.489 e. The van der Waals surface area contributed by atoms with E-state index in [0.717, 1.165) is 30.7 Å². The molecule has 4 aromatic carbocycles. The lowest BCUT2D eigenvalue weighted by Crippen LogP contribution is -2.24. The fourth-order valence-electron chi connectivity index (χ4n) is 7.33. The molecule has 0 amide bonds. The molecule has 0 aliphatic carbocycles. The molecule has 0 saturated carbocycles. The topological polar surface area (TPSA) is 287 Å². The maximum absolute atomic E-state index is 14.4. The van der Waals surface area contributed by atoms with Crippen molar-refractivity contribution in [2.24, 2.45) is 0 Å². The molecule has 4 heterocycles. The Hall–Kier alpha value is -9.55. The lowest BCUT2D eigenvalue weighted by molar-refractivity contribution is 0.116. The number of hydrogen-bond acceptors (Lipinski definition) is 22. The number of benzene rings is 4. The van der Waals surface area contributed by atoms with E-state index >= 15 is 0 Å². The van der Waals surface area contributed by atoms with E-state index < -0.39 is 65.3 Å². The van der Waals surface area contributed by atoms with Crippen LogP contribution in [0.3, 0.4) is 0 Å². The van der Waals surface area contributed by atoms with Crippen LogP contribution < -0.4 is 49.1 Å². The molecule has 0 saturated heterocycles. The molecule has 31 heteroatoms. The molecule has 0 fully saturated rings. The fraction of sp³-hybridized carbons (Fsp3) is 0.328. The molecule has 3 N–H and O–H groups in total. The highest BCUT2D eigenvalue weighted by Gasteiger charge is 2.26. The van der Waals surface area contributed by atoms with Gasteiger partial charge in [-0.1, -0.05) is 29.3 Å². The van der Waals surface area contributed by atoms with Crippen LogP contribution in [0, 0.1) is 48.1 Å². The molecule has 0 radical (unpaired) electrons. The number of ether oxygens (including phenoxy) is 7. The molecule has 0 aliphatic heterocycles. The Morgan fingerprint density at radius 2 is 1.02 bits per heavy atom. The van der Waals surface area contributed by atoms with Gasteiger partial charge in [-0.05, 0) is 157 Å². The Morgan fingerprint density at radius 3 is 1.53 bits per heavy atom. The van der Waals surface area contributed by atoms with Crippen LogP contribution in [0.15, 0.2) is 108 Å². The van der Waals surface area contributed by atoms with Gasteiger partial charge in [0.25, 0.3) is 23.5 Å². The lowest BCUT2D eigenvalue weighted by atomic mass is 10.2. The summed E-state index contributed by atoms with van der Waals surface area (Å²) in [4.78, 5) is 31.1. The molecular formula is C64H70Cl2F4N12O11S2. The minimum Gasteiger partial charge on any atom is -0.489 e. The van der Waals surface area contributed by atoms with Crippen molar-refractivity contribution >= 4 is 82.9 Å². The smallest absolute Gasteiger partial charge is 0.270 e. The van der Waals surface area contributed by atoms with Crippen LogP contribution in [0.2, 0.25) is 10.0 Å². The van der Waals surface area contributed by atoms with Gasteiger partial charge in [0.15, 0.2) is 42.7 Å². The zero-order chi connectivity index (χ0) is 71.2. The molecule has 8 rings (SSSR count). The predicted molar refractivity (Wildman–Crippen MR) is 352 cm³/mol. The molecule has 0 bridgehead atoms. The Kier molecular flexibility index (Phi) is 25.3. The number of anilines is 6. The molecule has 23 nitrogen and oxygen atoms in total. The maximum atomic E-state index is 14.4. The molecule has 95 heavy (non-hydrogen) atoms. The normalized spacial score (nSPS) is 11.5. The molecule has 0 unspecified atom stereocenters. The van der Waals surface area contributed by atoms with Gasteiger partial charge < -0.3 is 49.1 Å². The van der Waals surface area contributed by atoms with Crippen LogP contribution in [0.4, 0.5) is 57.6 Å². The molecule has 0 aliphatic rings. The van der Waals surface area contributed by atoms with Gasteiger partial charge in [0.2, 0.25) is 23.2 Å². The minimum absolute atomic E-state index is 0.0473. The lowest BCUT2D eigenvalue weighted by Gasteiger charge is -2.22. The van der Waals surface area contributed by atoms with E-state index in [1.165, 1.54) is 81.9 Å². The number of hydrogen-bond donors (Lipinski definition) is 3. The third-order valence-corrected chi connectivity index (χ3v) is 14.2. The SMILES string of the molecule is COc1c(Nc2ccc(S(C)(=O)=O)cc2F)ncnc1OC(C)(C)C.COc1c(Oc2ccc(S(C)(=O)=O)cc2F)ncnc1OC(C)(C)C.Cc1c(Nc2c(F)cc(C#N)cc2Cl)ncnc1OC(C)(C)C.[C-]#[N+]c1ccc(Nc2ccnc(OC(C)(C)C)c2F)c(Cl)c1. The summed E-state index contributed by atoms with van der Waals surface area (Å²) in [6.45, 7) is 30.9. The fourth-order valence-corrected chi connectivity index (χ4v) is 9.07. The van der Waals surface area contributed by atoms with Gasteiger partial charge in [-0.15, -0.1) is 0 Å². The number of aromatic nitrogens is 7. The molecular weight excluding hydrogens is 1320 g/mol. The highest BCUT2D eigenvalue weighted by molar-refractivity contribution is 7.91. The van der Waals surface area contributed by atoms with E-state index in [1.807, 2.05) is 89.2 Å². The summed E-state index contributed by atoms with van der Waals surface area (Å²) < 4.78 is 141. The van der Waals surface area contributed by atoms with Crippen molar-refractivity contribution < 1.29 is 67.6 Å². The Balaban J connectivity index is 0.000000230. The second-order valence-electron chi connectivity index (χ2n) is 24.0. The van der Waals surface area contributed by atoms with Crippen molar-refractivity contribution in [2.75, 3.05) is 42.7 Å². The average molecular weight is 1390 g/mol. The van der Waals surface area contributed by atoms with Crippen molar-refractivity contribution in [3.8, 4) is 52.7 Å². The van der Waals surface area contributed by atoms with Crippen molar-refractivity contribution in [1.29, 1.82) is 5.26 Å². The zero-order valence-corrected chi connectivity index (χ0v) is 58.0. The van der Waals surface area contributed by atoms with E-state index in [-0.39, 0.29) is 84.0 Å². The first kappa shape index (κ1) is 76.2. The van der Waals surface area contributed by atoms with Crippen molar-refractivity contribution in [2.45, 2.75) is 122 Å². The van der Waals surface area contributed by atoms with Crippen LogP contribution in [-0.4, -0.2) is 101 Å². The van der Waals surface area contributed by atoms with Gasteiger partial charge >= 0.3 is 0 Å². The second-order valence-corrected chi connectivity index (χ2v) is 28.9. The van der Waals surface area contributed by atoms with Crippen LogP contribution in [-0.2, 0) is 19.7 Å². The minimum atomic E-state index is -3.52. The first-order chi connectivity index (χ1) is 44.0. The summed E-state index contributed by atoms with van der Waals surface area (Å²) >= 11 is 12.1. The van der Waals surface area contributed by atoms with E-state index in [0.29, 0.717) is 33.7 Å². The summed E-state index contributed by atoms with van der Waals surface area (Å²) in [5.74, 6) is -1.49. The third-order valence-electron chi connectivity index (χ3n) is 11.3. The van der Waals surface area contributed by atoms with Gasteiger partial charge in [0.1, 0.15) is 58.8 Å². The molecule has 0 spiro atoms. The quantitative estimate of drug-likeness (QED) is 0.0598. The van der Waals surface area contributed by atoms with Gasteiger partial charge in [0.05, 0.1) is 80.6 Å². The van der Waals surface area contributed by atoms with E-state index in [1.54, 1.807) is 19.1 Å². The van der Waals surface area contributed by atoms with Crippen molar-refractivity contribution in [3.63, 3.8) is 0 Å². The number of nitrogens with zero attached hydrogens (tertiary/aromatic N) is 9. The summed E-state index contributed by atoms with van der Waals surface area (Å²) in [5, 5.41) is 17.8. The molecule has 0 atom stereocenters. The number of methoxy groups -OCH3 is 2. The zero-order valence-electron chi connectivity index (χ0n) is 54.8. The van der Waals surface area contributed by atoms with E-state index in [4.69, 9.17) is 68.2 Å². The summed E-state index contributed by atoms with van der Waals surface area (Å²) in [7, 11) is -4.22. The highest BCUT2D eigenvalue weighted by atomic mass is 35.5. The first-order valence-electron chi connectivity index (χ1n) is 28.1. The second kappa shape index (κ2) is 31.6. The standard InChI is InChI=1S/C16H16ClFN4O.C16H15ClFN3O.C16H20FN3O4S.C16H19FN2O5S/c1-9-14(20-8-21-15(9)23-16(2,3)4)22-13-11(17)5-10(7-19)6-12(13)18;1-16(2,3)22-15-14(18)13(7-8-20-15)21-12-6-5-10(19-4)9-11(12)17;1-16(2,3)24-15-13(23-4)14(18-9-19-15)20-12-7-6-10(8-11(12)17)25(5,21)22;1-16(2,3)24-15-13(22-4)14(18-9-19-15)23-12-7-6-10(8-11(12)17)25(5,20)21/h5-6,8H,1-4H3,(H,20,21,22);5-9H,1-3H3,(H,20,21);6-9H,1-5H3,(H,18,19,20);6-9H,1-5H3. The van der Waals surface area contributed by atoms with Gasteiger partial charge in [-0.25, -0.2) is 54.8 Å². The van der Waals surface area contributed by atoms with E-state index in [9.17, 15) is 34.4 Å². The van der Waals surface area contributed by atoms with Gasteiger partial charge in [0, 0.05) is 18.7 Å². The predicted octanol–water partition coefficient (Wildman–Crippen LogP) is 15.7. The number of pyridine rings is 1. The Morgan fingerprint density at radius 1 is 0.526 bits per heavy atom. The van der Waals surface area contributed by atoms with Crippen molar-refractivity contribution in [1.82, 2.24) is 34.9 Å². The third kappa shape index (κ3) is 23.2. The van der Waals surface area contributed by atoms with Crippen molar-refractivity contribution in [3.05, 3.63) is 154 Å². The summed E-state index contributed by atoms with van der Waals surface area (Å²) in [6, 6.07) is 17.5.